The molecule has 0 saturated carbocycles. The van der Waals surface area contributed by atoms with E-state index < -0.39 is 47.0 Å². The van der Waals surface area contributed by atoms with Gasteiger partial charge in [-0.2, -0.15) is 5.26 Å². The van der Waals surface area contributed by atoms with Gasteiger partial charge in [0.15, 0.2) is 40.0 Å². The van der Waals surface area contributed by atoms with Crippen LogP contribution in [0.4, 0.5) is 0 Å². The number of benzene rings is 3. The van der Waals surface area contributed by atoms with Gasteiger partial charge in [0.05, 0.1) is 39.0 Å². The lowest BCUT2D eigenvalue weighted by Gasteiger charge is -2.65. The summed E-state index contributed by atoms with van der Waals surface area (Å²) >= 11 is 1.55. The van der Waals surface area contributed by atoms with E-state index in [0.29, 0.717) is 60.1 Å². The number of thioether (sulfide) groups is 1. The van der Waals surface area contributed by atoms with E-state index in [1.54, 1.807) is 31.0 Å². The number of hydrogen-bond donors (Lipinski definition) is 3. The molecule has 7 aliphatic rings. The van der Waals surface area contributed by atoms with Gasteiger partial charge in [-0.15, -0.1) is 17.8 Å². The molecule has 2 fully saturated rings. The summed E-state index contributed by atoms with van der Waals surface area (Å²) in [5, 5.41) is 42.1. The van der Waals surface area contributed by atoms with E-state index in [2.05, 4.69) is 16.3 Å². The molecular weight excluding hydrogens is 701 g/mol. The minimum Gasteiger partial charge on any atom is -0.649 e. The molecule has 7 aliphatic heterocycles. The molecule has 1 unspecified atom stereocenters. The molecule has 53 heavy (non-hydrogen) atoms. The molecule has 278 valence electrons. The van der Waals surface area contributed by atoms with E-state index in [-0.39, 0.29) is 36.4 Å². The molecule has 7 heterocycles. The van der Waals surface area contributed by atoms with Gasteiger partial charge in [0.1, 0.15) is 12.4 Å². The molecule has 0 radical (unpaired) electrons. The number of aromatic hydroxyl groups is 2. The van der Waals surface area contributed by atoms with Crippen LogP contribution in [0.2, 0.25) is 0 Å². The summed E-state index contributed by atoms with van der Waals surface area (Å²) in [6.07, 6.45) is 1.05. The van der Waals surface area contributed by atoms with Crippen LogP contribution in [0.15, 0.2) is 18.2 Å². The number of carbonyl (C=O) groups excluding carboxylic acids is 1. The normalized spacial score (nSPS) is 29.2. The Morgan fingerprint density at radius 2 is 1.89 bits per heavy atom. The van der Waals surface area contributed by atoms with Crippen molar-refractivity contribution in [3.05, 3.63) is 68.0 Å². The highest BCUT2D eigenvalue weighted by Gasteiger charge is 2.57. The van der Waals surface area contributed by atoms with Gasteiger partial charge in [-0.1, -0.05) is 12.1 Å². The fraction of sp³-hybridized carbons (Fsp3) is 0.487. The second-order valence-corrected chi connectivity index (χ2v) is 15.5. The van der Waals surface area contributed by atoms with Gasteiger partial charge in [-0.25, -0.2) is 4.79 Å². The number of methoxy groups -OCH3 is 2. The van der Waals surface area contributed by atoms with Gasteiger partial charge >= 0.3 is 5.97 Å². The highest BCUT2D eigenvalue weighted by atomic mass is 32.2. The number of hydrogen-bond acceptors (Lipinski definition) is 13. The molecule has 7 atom stereocenters. The van der Waals surface area contributed by atoms with E-state index >= 15 is 0 Å². The van der Waals surface area contributed by atoms with Gasteiger partial charge in [-0.3, -0.25) is 10.2 Å². The number of rotatable bonds is 4. The molecule has 10 rings (SSSR count). The van der Waals surface area contributed by atoms with E-state index in [1.165, 1.54) is 7.11 Å². The molecule has 3 aromatic rings. The molecule has 2 saturated heterocycles. The number of ether oxygens (including phenoxy) is 6. The van der Waals surface area contributed by atoms with Gasteiger partial charge in [0.2, 0.25) is 6.79 Å². The number of esters is 1. The summed E-state index contributed by atoms with van der Waals surface area (Å²) < 4.78 is 36.5. The Bertz CT molecular complexity index is 2100. The highest BCUT2D eigenvalue weighted by molar-refractivity contribution is 7.99. The first-order chi connectivity index (χ1) is 25.7. The summed E-state index contributed by atoms with van der Waals surface area (Å²) in [5.74, 6) is 2.26. The number of nitriles is 1. The monoisotopic (exact) mass is 741 g/mol. The number of fused-ring (bicyclic) bond motifs is 9. The zero-order valence-electron chi connectivity index (χ0n) is 30.1. The third kappa shape index (κ3) is 4.70. The predicted molar refractivity (Wildman–Crippen MR) is 193 cm³/mol. The molecule has 3 aromatic carbocycles. The number of piperazine rings is 1. The van der Waals surface area contributed by atoms with E-state index in [9.17, 15) is 20.3 Å². The zero-order valence-corrected chi connectivity index (χ0v) is 31.0. The average Bonchev–Trinajstić information content (AvgIpc) is 3.64. The highest BCUT2D eigenvalue weighted by Crippen LogP contribution is 2.65. The molecule has 0 amide bonds. The van der Waals surface area contributed by atoms with Crippen molar-refractivity contribution >= 4 is 17.7 Å². The van der Waals surface area contributed by atoms with Crippen LogP contribution < -0.4 is 29.0 Å². The average molecular weight is 742 g/mol. The first-order valence-corrected chi connectivity index (χ1v) is 19.0. The minimum absolute atomic E-state index is 0.00284. The number of phenols is 2. The first kappa shape index (κ1) is 34.2. The van der Waals surface area contributed by atoms with Gasteiger partial charge in [0, 0.05) is 40.3 Å². The molecule has 14 heteroatoms. The first-order valence-electron chi connectivity index (χ1n) is 18.0. The molecular formula is C39H41N4O9S-. The van der Waals surface area contributed by atoms with E-state index in [4.69, 9.17) is 33.7 Å². The van der Waals surface area contributed by atoms with Crippen molar-refractivity contribution in [3.8, 4) is 46.3 Å². The number of nitrogens with zero attached hydrogens (tertiary/aromatic N) is 3. The van der Waals surface area contributed by atoms with Crippen molar-refractivity contribution in [3.63, 3.8) is 0 Å². The summed E-state index contributed by atoms with van der Waals surface area (Å²) in [5.41, 5.74) is 5.10. The van der Waals surface area contributed by atoms with Crippen molar-refractivity contribution in [2.45, 2.75) is 74.6 Å². The lowest BCUT2D eigenvalue weighted by molar-refractivity contribution is -0.155. The lowest BCUT2D eigenvalue weighted by Crippen LogP contribution is -2.63. The van der Waals surface area contributed by atoms with Crippen LogP contribution in [-0.2, 0) is 27.9 Å². The maximum atomic E-state index is 14.7. The third-order valence-electron chi connectivity index (χ3n) is 11.9. The van der Waals surface area contributed by atoms with Crippen LogP contribution in [0.5, 0.6) is 40.2 Å². The number of aryl methyl sites for hydroxylation is 1. The fourth-order valence-electron chi connectivity index (χ4n) is 9.73. The fourth-order valence-corrected chi connectivity index (χ4v) is 11.4. The largest absolute Gasteiger partial charge is 0.649 e. The summed E-state index contributed by atoms with van der Waals surface area (Å²) in [6.45, 7) is 6.58. The van der Waals surface area contributed by atoms with Crippen molar-refractivity contribution in [1.29, 1.82) is 5.26 Å². The van der Waals surface area contributed by atoms with Gasteiger partial charge in [0.25, 0.3) is 0 Å². The Kier molecular flexibility index (Phi) is 8.08. The van der Waals surface area contributed by atoms with Crippen LogP contribution in [0.25, 0.3) is 5.32 Å². The van der Waals surface area contributed by atoms with Gasteiger partial charge in [-0.05, 0) is 73.6 Å². The predicted octanol–water partition coefficient (Wildman–Crippen LogP) is 4.90. The Balaban J connectivity index is 1.31. The van der Waals surface area contributed by atoms with Crippen molar-refractivity contribution < 1.29 is 43.4 Å². The van der Waals surface area contributed by atoms with Crippen LogP contribution >= 0.6 is 11.8 Å². The smallest absolute Gasteiger partial charge is 0.331 e. The number of carbonyl (C=O) groups is 1. The molecule has 1 spiro atoms. The minimum atomic E-state index is -1.30. The zero-order chi connectivity index (χ0) is 36.9. The Morgan fingerprint density at radius 3 is 2.64 bits per heavy atom. The molecule has 0 aliphatic carbocycles. The van der Waals surface area contributed by atoms with Crippen LogP contribution in [-0.4, -0.2) is 85.7 Å². The summed E-state index contributed by atoms with van der Waals surface area (Å²) in [6, 6.07) is 5.25. The lowest BCUT2D eigenvalue weighted by atomic mass is 9.72. The van der Waals surface area contributed by atoms with E-state index in [0.717, 1.165) is 33.4 Å². The van der Waals surface area contributed by atoms with Crippen LogP contribution in [0.3, 0.4) is 0 Å². The van der Waals surface area contributed by atoms with Gasteiger partial charge < -0.3 is 44.0 Å². The van der Waals surface area contributed by atoms with E-state index in [1.807, 2.05) is 26.8 Å². The maximum absolute atomic E-state index is 14.7. The Labute approximate surface area is 311 Å². The van der Waals surface area contributed by atoms with Crippen molar-refractivity contribution in [1.82, 2.24) is 10.2 Å². The third-order valence-corrected chi connectivity index (χ3v) is 13.3. The number of phenolic OH excluding ortho intramolecular Hbond substituents is 2. The topological polar surface area (TPSA) is 166 Å². The SMILES string of the molecule is CCOc1c(C)c2c(c3c1[C@H]1SC[C@]4(NCCc5cc(O)c(OC)cc54)C(=O)OC[C@@H]3N3C1[C@@H]1[N-][C@@H](Cc4cc(C)c(OC)c(O)c41)[C@@H]3C#N)OCO2. The number of nitrogens with one attached hydrogen (secondary N) is 1. The second kappa shape index (κ2) is 12.5. The summed E-state index contributed by atoms with van der Waals surface area (Å²) in [7, 11) is 3.03. The summed E-state index contributed by atoms with van der Waals surface area (Å²) in [4.78, 5) is 16.9. The quantitative estimate of drug-likeness (QED) is 0.310. The van der Waals surface area contributed by atoms with Crippen LogP contribution in [0.1, 0.15) is 68.8 Å². The van der Waals surface area contributed by atoms with Crippen molar-refractivity contribution in [2.24, 2.45) is 0 Å². The maximum Gasteiger partial charge on any atom is 0.331 e. The second-order valence-electron chi connectivity index (χ2n) is 14.4. The molecule has 0 aromatic heterocycles. The Morgan fingerprint density at radius 1 is 1.08 bits per heavy atom. The Hall–Kier alpha value is -4.55. The van der Waals surface area contributed by atoms with Crippen LogP contribution in [0, 0.1) is 25.2 Å². The molecule has 13 nitrogen and oxygen atoms in total. The van der Waals surface area contributed by atoms with Crippen molar-refractivity contribution in [2.75, 3.05) is 46.5 Å². The molecule has 4 bridgehead atoms. The standard InChI is InChI=1S/C39H41N4O9S/c1-6-49-34-18(3)35-36(52-16-51-35)28-24-14-50-38(46)39(21-12-26(47-4)25(44)11-19(21)7-8-41-39)15-53-37(29(28)34)31-30-27-20(9-17(2)33(48-5)32(27)45)10-22(42-30)23(13-40)43(24)31/h9,11-12,22-24,30-31,37,41,44-45H,6-8,10,14-16H2,1-5H3/q-1/t22-,23-,24-,30+,31?,37+,39+/m0/s1. The molecule has 3 N–H and O–H groups in total.